The van der Waals surface area contributed by atoms with Crippen molar-refractivity contribution in [1.82, 2.24) is 10.1 Å². The summed E-state index contributed by atoms with van der Waals surface area (Å²) < 4.78 is -0.158. The molecule has 31 heavy (non-hydrogen) atoms. The Balaban J connectivity index is 1.80. The minimum atomic E-state index is -0.825. The lowest BCUT2D eigenvalue weighted by Gasteiger charge is -2.34. The third-order valence-electron chi connectivity index (χ3n) is 4.45. The molecular weight excluding hydrogens is 495 g/mol. The van der Waals surface area contributed by atoms with Crippen LogP contribution in [0.1, 0.15) is 19.4 Å². The predicted octanol–water partition coefficient (Wildman–Crippen LogP) is 6.41. The monoisotopic (exact) mass is 514 g/mol. The summed E-state index contributed by atoms with van der Waals surface area (Å²) in [6.07, 6.45) is 2.83. The topological polar surface area (TPSA) is 68.2 Å². The molecule has 2 aromatic rings. The standard InChI is InChI=1S/C20H20Cl2N4O2S3/c1-20(2)17(26(28)18(27)24-13-6-9-15(21)16(22)10-13)25(19(29)31-20)23-11-12-4-7-14(30-3)8-5-12/h4-11,17,28H,1-3H3,(H,24,27). The van der Waals surface area contributed by atoms with Gasteiger partial charge in [-0.15, -0.1) is 11.8 Å². The minimum Gasteiger partial charge on any atom is -0.306 e. The maximum absolute atomic E-state index is 12.7. The second-order valence-electron chi connectivity index (χ2n) is 7.11. The second-order valence-corrected chi connectivity index (χ2v) is 11.1. The van der Waals surface area contributed by atoms with Crippen LogP contribution in [0.2, 0.25) is 10.0 Å². The van der Waals surface area contributed by atoms with Crippen molar-refractivity contribution in [3.63, 3.8) is 0 Å². The number of anilines is 1. The van der Waals surface area contributed by atoms with E-state index >= 15 is 0 Å². The van der Waals surface area contributed by atoms with Gasteiger partial charge in [0.25, 0.3) is 0 Å². The average Bonchev–Trinajstić information content (AvgIpc) is 2.96. The first kappa shape index (κ1) is 24.2. The van der Waals surface area contributed by atoms with Crippen LogP contribution in [0.25, 0.3) is 0 Å². The SMILES string of the molecule is CSc1ccc(C=NN2C(=S)SC(C)(C)C2N(O)C(=O)Nc2ccc(Cl)c(Cl)c2)cc1. The van der Waals surface area contributed by atoms with Crippen molar-refractivity contribution >= 4 is 81.2 Å². The Morgan fingerprint density at radius 1 is 1.29 bits per heavy atom. The van der Waals surface area contributed by atoms with Crippen molar-refractivity contribution < 1.29 is 10.0 Å². The van der Waals surface area contributed by atoms with Gasteiger partial charge in [0.1, 0.15) is 0 Å². The largest absolute Gasteiger partial charge is 0.347 e. The van der Waals surface area contributed by atoms with Gasteiger partial charge in [0.05, 0.1) is 21.0 Å². The molecule has 11 heteroatoms. The normalized spacial score (nSPS) is 17.9. The zero-order chi connectivity index (χ0) is 22.8. The number of hydrogen-bond donors (Lipinski definition) is 2. The molecule has 1 aliphatic heterocycles. The Hall–Kier alpha value is -1.49. The van der Waals surface area contributed by atoms with E-state index < -0.39 is 16.9 Å². The van der Waals surface area contributed by atoms with Gasteiger partial charge in [-0.3, -0.25) is 5.21 Å². The summed E-state index contributed by atoms with van der Waals surface area (Å²) in [5.41, 5.74) is 1.27. The molecule has 1 unspecified atom stereocenters. The fourth-order valence-electron chi connectivity index (χ4n) is 2.91. The summed E-state index contributed by atoms with van der Waals surface area (Å²) >= 11 is 20.4. The van der Waals surface area contributed by atoms with E-state index in [-0.39, 0.29) is 0 Å². The van der Waals surface area contributed by atoms with E-state index in [1.807, 2.05) is 44.4 Å². The summed E-state index contributed by atoms with van der Waals surface area (Å²) in [7, 11) is 0. The van der Waals surface area contributed by atoms with Crippen LogP contribution in [0, 0.1) is 0 Å². The fourth-order valence-corrected chi connectivity index (χ4v) is 5.41. The number of thiocarbonyl (C=S) groups is 1. The highest BCUT2D eigenvalue weighted by molar-refractivity contribution is 8.24. The number of carbonyl (C=O) groups excluding carboxylic acids is 1. The highest BCUT2D eigenvalue weighted by Crippen LogP contribution is 2.42. The summed E-state index contributed by atoms with van der Waals surface area (Å²) in [5, 5.41) is 20.6. The van der Waals surface area contributed by atoms with Gasteiger partial charge >= 0.3 is 6.03 Å². The summed E-state index contributed by atoms with van der Waals surface area (Å²) in [6, 6.07) is 11.8. The number of nitrogens with one attached hydrogen (secondary N) is 1. The minimum absolute atomic E-state index is 0.292. The quantitative estimate of drug-likeness (QED) is 0.158. The number of hydroxylamine groups is 2. The number of benzene rings is 2. The molecule has 1 aliphatic rings. The molecule has 3 rings (SSSR count). The zero-order valence-electron chi connectivity index (χ0n) is 16.9. The van der Waals surface area contributed by atoms with E-state index in [2.05, 4.69) is 10.4 Å². The summed E-state index contributed by atoms with van der Waals surface area (Å²) in [4.78, 5) is 13.9. The van der Waals surface area contributed by atoms with Crippen molar-refractivity contribution in [2.24, 2.45) is 5.10 Å². The predicted molar refractivity (Wildman–Crippen MR) is 135 cm³/mol. The highest BCUT2D eigenvalue weighted by atomic mass is 35.5. The number of halogens is 2. The van der Waals surface area contributed by atoms with E-state index in [1.54, 1.807) is 30.1 Å². The number of hydrazone groups is 1. The first-order valence-electron chi connectivity index (χ1n) is 9.07. The Labute approximate surface area is 204 Å². The molecule has 1 atom stereocenters. The third-order valence-corrected chi connectivity index (χ3v) is 7.47. The molecule has 0 spiro atoms. The van der Waals surface area contributed by atoms with Crippen LogP contribution in [-0.4, -0.2) is 49.0 Å². The molecule has 1 fully saturated rings. The Morgan fingerprint density at radius 3 is 2.58 bits per heavy atom. The van der Waals surface area contributed by atoms with Crippen molar-refractivity contribution in [1.29, 1.82) is 0 Å². The Bertz CT molecular complexity index is 1020. The van der Waals surface area contributed by atoms with Gasteiger partial charge in [0, 0.05) is 10.6 Å². The maximum Gasteiger partial charge on any atom is 0.347 e. The van der Waals surface area contributed by atoms with Crippen LogP contribution in [0.15, 0.2) is 52.5 Å². The number of carbonyl (C=O) groups is 1. The zero-order valence-corrected chi connectivity index (χ0v) is 20.8. The van der Waals surface area contributed by atoms with Gasteiger partial charge in [-0.2, -0.15) is 10.2 Å². The van der Waals surface area contributed by atoms with Crippen molar-refractivity contribution in [2.75, 3.05) is 11.6 Å². The lowest BCUT2D eigenvalue weighted by molar-refractivity contribution is -0.114. The molecule has 0 bridgehead atoms. The molecule has 0 saturated carbocycles. The molecule has 2 aromatic carbocycles. The Morgan fingerprint density at radius 2 is 1.97 bits per heavy atom. The van der Waals surface area contributed by atoms with E-state index in [9.17, 15) is 10.0 Å². The average molecular weight is 516 g/mol. The lowest BCUT2D eigenvalue weighted by Crippen LogP contribution is -2.54. The molecule has 164 valence electrons. The van der Waals surface area contributed by atoms with Crippen LogP contribution in [-0.2, 0) is 0 Å². The lowest BCUT2D eigenvalue weighted by atomic mass is 10.1. The molecule has 1 heterocycles. The molecule has 6 nitrogen and oxygen atoms in total. The number of urea groups is 1. The molecule has 0 aliphatic carbocycles. The molecular formula is C20H20Cl2N4O2S3. The summed E-state index contributed by atoms with van der Waals surface area (Å²) in [6.45, 7) is 3.76. The molecule has 2 N–H and O–H groups in total. The van der Waals surface area contributed by atoms with Gasteiger partial charge < -0.3 is 5.32 Å². The second kappa shape index (κ2) is 9.97. The first-order valence-corrected chi connectivity index (χ1v) is 12.3. The van der Waals surface area contributed by atoms with Crippen molar-refractivity contribution in [3.05, 3.63) is 58.1 Å². The van der Waals surface area contributed by atoms with Gasteiger partial charge in [0.15, 0.2) is 10.5 Å². The van der Waals surface area contributed by atoms with Crippen LogP contribution < -0.4 is 5.32 Å². The molecule has 0 radical (unpaired) electrons. The van der Waals surface area contributed by atoms with Crippen LogP contribution >= 0.6 is 58.9 Å². The number of nitrogens with zero attached hydrogens (tertiary/aromatic N) is 3. The van der Waals surface area contributed by atoms with Gasteiger partial charge in [-0.05, 0) is 56.0 Å². The first-order chi connectivity index (χ1) is 14.6. The third kappa shape index (κ3) is 5.66. The molecule has 0 aromatic heterocycles. The van der Waals surface area contributed by atoms with Gasteiger partial charge in [-0.1, -0.05) is 59.3 Å². The van der Waals surface area contributed by atoms with Gasteiger partial charge in [0.2, 0.25) is 0 Å². The van der Waals surface area contributed by atoms with Crippen molar-refractivity contribution in [3.8, 4) is 0 Å². The molecule has 2 amide bonds. The van der Waals surface area contributed by atoms with E-state index in [4.69, 9.17) is 35.4 Å². The number of amides is 2. The number of rotatable bonds is 5. The smallest absolute Gasteiger partial charge is 0.306 e. The number of hydrogen-bond acceptors (Lipinski definition) is 6. The maximum atomic E-state index is 12.7. The van der Waals surface area contributed by atoms with E-state index in [1.165, 1.54) is 22.8 Å². The van der Waals surface area contributed by atoms with E-state index in [0.717, 1.165) is 10.5 Å². The van der Waals surface area contributed by atoms with Crippen LogP contribution in [0.3, 0.4) is 0 Å². The molecule has 1 saturated heterocycles. The highest BCUT2D eigenvalue weighted by Gasteiger charge is 2.50. The van der Waals surface area contributed by atoms with Gasteiger partial charge in [-0.25, -0.2) is 9.80 Å². The fraction of sp³-hybridized carbons (Fsp3) is 0.250. The van der Waals surface area contributed by atoms with Crippen molar-refractivity contribution in [2.45, 2.75) is 29.7 Å². The van der Waals surface area contributed by atoms with Crippen LogP contribution in [0.5, 0.6) is 0 Å². The summed E-state index contributed by atoms with van der Waals surface area (Å²) in [5.74, 6) is 0. The van der Waals surface area contributed by atoms with Crippen LogP contribution in [0.4, 0.5) is 10.5 Å². The number of thioether (sulfide) groups is 2. The van der Waals surface area contributed by atoms with E-state index in [0.29, 0.717) is 25.1 Å². The Kier molecular flexibility index (Phi) is 7.77.